The Hall–Kier alpha value is -3.56. The third kappa shape index (κ3) is 4.32. The van der Waals surface area contributed by atoms with Crippen LogP contribution in [0.4, 0.5) is 10.8 Å². The van der Waals surface area contributed by atoms with E-state index in [0.717, 1.165) is 0 Å². The molecule has 156 valence electrons. The molecule has 31 heavy (non-hydrogen) atoms. The van der Waals surface area contributed by atoms with Crippen LogP contribution in [-0.4, -0.2) is 27.9 Å². The van der Waals surface area contributed by atoms with Crippen molar-refractivity contribution in [3.05, 3.63) is 87.2 Å². The van der Waals surface area contributed by atoms with Gasteiger partial charge in [-0.15, -0.1) is 0 Å². The van der Waals surface area contributed by atoms with Gasteiger partial charge in [0, 0.05) is 23.4 Å². The number of thiazole rings is 1. The SMILES string of the molecule is COc1ccc(Cl)cc1C(=O)N(Cc1ccccn1)c1nc2ccc([N+](=O)[O-])cc2s1. The number of hydrogen-bond acceptors (Lipinski definition) is 7. The Morgan fingerprint density at radius 3 is 2.77 bits per heavy atom. The zero-order valence-electron chi connectivity index (χ0n) is 16.2. The molecule has 0 aliphatic heterocycles. The second-order valence-electron chi connectivity index (χ2n) is 6.46. The summed E-state index contributed by atoms with van der Waals surface area (Å²) in [5.41, 5.74) is 1.45. The number of carbonyl (C=O) groups excluding carboxylic acids is 1. The molecule has 0 aliphatic rings. The minimum atomic E-state index is -0.466. The highest BCUT2D eigenvalue weighted by Gasteiger charge is 2.25. The van der Waals surface area contributed by atoms with Gasteiger partial charge in [-0.3, -0.25) is 24.8 Å². The van der Waals surface area contributed by atoms with Gasteiger partial charge in [-0.1, -0.05) is 29.0 Å². The van der Waals surface area contributed by atoms with E-state index < -0.39 is 4.92 Å². The minimum Gasteiger partial charge on any atom is -0.496 e. The first kappa shape index (κ1) is 20.7. The van der Waals surface area contributed by atoms with Gasteiger partial charge in [0.2, 0.25) is 0 Å². The Balaban J connectivity index is 1.81. The smallest absolute Gasteiger partial charge is 0.270 e. The number of nitro groups is 1. The maximum absolute atomic E-state index is 13.6. The number of nitro benzene ring substituents is 1. The molecule has 0 atom stereocenters. The highest BCUT2D eigenvalue weighted by Crippen LogP contribution is 2.34. The third-order valence-electron chi connectivity index (χ3n) is 4.49. The van der Waals surface area contributed by atoms with Crippen molar-refractivity contribution in [2.75, 3.05) is 12.0 Å². The Morgan fingerprint density at radius 1 is 1.23 bits per heavy atom. The number of benzene rings is 2. The topological polar surface area (TPSA) is 98.5 Å². The van der Waals surface area contributed by atoms with Gasteiger partial charge in [0.1, 0.15) is 5.75 Å². The Morgan fingerprint density at radius 2 is 2.06 bits per heavy atom. The van der Waals surface area contributed by atoms with Crippen molar-refractivity contribution < 1.29 is 14.5 Å². The first-order valence-electron chi connectivity index (χ1n) is 9.06. The number of carbonyl (C=O) groups is 1. The zero-order chi connectivity index (χ0) is 22.0. The van der Waals surface area contributed by atoms with Gasteiger partial charge in [0.15, 0.2) is 5.13 Å². The average Bonchev–Trinajstić information content (AvgIpc) is 3.20. The molecule has 4 rings (SSSR count). The Labute approximate surface area is 185 Å². The summed E-state index contributed by atoms with van der Waals surface area (Å²) in [6, 6.07) is 14.6. The van der Waals surface area contributed by atoms with Crippen molar-refractivity contribution in [3.63, 3.8) is 0 Å². The maximum atomic E-state index is 13.6. The van der Waals surface area contributed by atoms with Crippen LogP contribution < -0.4 is 9.64 Å². The van der Waals surface area contributed by atoms with Crippen molar-refractivity contribution in [1.82, 2.24) is 9.97 Å². The fraction of sp³-hybridized carbons (Fsp3) is 0.0952. The van der Waals surface area contributed by atoms with Crippen molar-refractivity contribution in [2.24, 2.45) is 0 Å². The lowest BCUT2D eigenvalue weighted by atomic mass is 10.1. The van der Waals surface area contributed by atoms with E-state index in [9.17, 15) is 14.9 Å². The lowest BCUT2D eigenvalue weighted by Crippen LogP contribution is -2.31. The fourth-order valence-corrected chi connectivity index (χ4v) is 4.17. The van der Waals surface area contributed by atoms with Crippen LogP contribution in [-0.2, 0) is 6.54 Å². The zero-order valence-corrected chi connectivity index (χ0v) is 17.8. The largest absolute Gasteiger partial charge is 0.496 e. The first-order chi connectivity index (χ1) is 15.0. The first-order valence-corrected chi connectivity index (χ1v) is 10.3. The summed E-state index contributed by atoms with van der Waals surface area (Å²) < 4.78 is 5.94. The molecule has 0 bridgehead atoms. The van der Waals surface area contributed by atoms with Crippen LogP contribution >= 0.6 is 22.9 Å². The van der Waals surface area contributed by atoms with E-state index >= 15 is 0 Å². The number of nitrogens with zero attached hydrogens (tertiary/aromatic N) is 4. The number of methoxy groups -OCH3 is 1. The molecule has 0 fully saturated rings. The maximum Gasteiger partial charge on any atom is 0.270 e. The van der Waals surface area contributed by atoms with Crippen molar-refractivity contribution in [1.29, 1.82) is 0 Å². The molecule has 0 unspecified atom stereocenters. The number of hydrogen-bond donors (Lipinski definition) is 0. The summed E-state index contributed by atoms with van der Waals surface area (Å²) in [5.74, 6) is -0.00395. The molecule has 0 saturated carbocycles. The van der Waals surface area contributed by atoms with E-state index in [1.807, 2.05) is 6.07 Å². The number of anilines is 1. The molecular formula is C21H15ClN4O4S. The monoisotopic (exact) mass is 454 g/mol. The molecule has 0 aliphatic carbocycles. The predicted molar refractivity (Wildman–Crippen MR) is 119 cm³/mol. The molecule has 4 aromatic rings. The summed E-state index contributed by atoms with van der Waals surface area (Å²) in [6.07, 6.45) is 1.64. The Kier molecular flexibility index (Phi) is 5.79. The van der Waals surface area contributed by atoms with Crippen molar-refractivity contribution in [3.8, 4) is 5.75 Å². The van der Waals surface area contributed by atoms with Gasteiger partial charge >= 0.3 is 0 Å². The Bertz CT molecular complexity index is 1280. The van der Waals surface area contributed by atoms with Gasteiger partial charge in [-0.2, -0.15) is 0 Å². The number of amides is 1. The molecule has 1 amide bonds. The molecular weight excluding hydrogens is 440 g/mol. The molecule has 0 spiro atoms. The number of fused-ring (bicyclic) bond motifs is 1. The van der Waals surface area contributed by atoms with E-state index in [2.05, 4.69) is 9.97 Å². The lowest BCUT2D eigenvalue weighted by Gasteiger charge is -2.21. The minimum absolute atomic E-state index is 0.0400. The van der Waals surface area contributed by atoms with E-state index in [-0.39, 0.29) is 23.7 Å². The molecule has 0 N–H and O–H groups in total. The normalized spacial score (nSPS) is 10.8. The molecule has 2 aromatic carbocycles. The quantitative estimate of drug-likeness (QED) is 0.296. The highest BCUT2D eigenvalue weighted by atomic mass is 35.5. The number of halogens is 1. The van der Waals surface area contributed by atoms with Gasteiger partial charge in [-0.25, -0.2) is 4.98 Å². The second kappa shape index (κ2) is 8.66. The molecule has 2 aromatic heterocycles. The standard InChI is InChI=1S/C21H15ClN4O4S/c1-30-18-8-5-13(22)10-16(18)20(27)25(12-14-4-2-3-9-23-14)21-24-17-7-6-15(26(28)29)11-19(17)31-21/h2-11H,12H2,1H3. The number of rotatable bonds is 6. The van der Waals surface area contributed by atoms with E-state index in [1.165, 1.54) is 41.5 Å². The molecule has 8 nitrogen and oxygen atoms in total. The van der Waals surface area contributed by atoms with Crippen molar-refractivity contribution in [2.45, 2.75) is 6.54 Å². The summed E-state index contributed by atoms with van der Waals surface area (Å²) in [6.45, 7) is 0.150. The van der Waals surface area contributed by atoms with Crippen LogP contribution in [0.15, 0.2) is 60.8 Å². The molecule has 0 saturated heterocycles. The second-order valence-corrected chi connectivity index (χ2v) is 7.91. The van der Waals surface area contributed by atoms with Crippen LogP contribution in [0.2, 0.25) is 5.02 Å². The van der Waals surface area contributed by atoms with Crippen LogP contribution in [0.3, 0.4) is 0 Å². The van der Waals surface area contributed by atoms with E-state index in [0.29, 0.717) is 31.8 Å². The molecule has 2 heterocycles. The highest BCUT2D eigenvalue weighted by molar-refractivity contribution is 7.22. The number of pyridine rings is 1. The van der Waals surface area contributed by atoms with Gasteiger partial charge in [0.25, 0.3) is 11.6 Å². The summed E-state index contributed by atoms with van der Waals surface area (Å²) in [4.78, 5) is 34.5. The van der Waals surface area contributed by atoms with Gasteiger partial charge < -0.3 is 4.74 Å². The summed E-state index contributed by atoms with van der Waals surface area (Å²) >= 11 is 7.31. The van der Waals surface area contributed by atoms with Gasteiger partial charge in [-0.05, 0) is 36.4 Å². The molecule has 10 heteroatoms. The number of non-ortho nitro benzene ring substituents is 1. The van der Waals surface area contributed by atoms with Crippen LogP contribution in [0, 0.1) is 10.1 Å². The van der Waals surface area contributed by atoms with Crippen LogP contribution in [0.25, 0.3) is 10.2 Å². The third-order valence-corrected chi connectivity index (χ3v) is 5.76. The number of ether oxygens (including phenoxy) is 1. The summed E-state index contributed by atoms with van der Waals surface area (Å²) in [5, 5.41) is 11.9. The fourth-order valence-electron chi connectivity index (χ4n) is 3.00. The van der Waals surface area contributed by atoms with Crippen molar-refractivity contribution >= 4 is 49.9 Å². The predicted octanol–water partition coefficient (Wildman–Crippen LogP) is 5.11. The summed E-state index contributed by atoms with van der Waals surface area (Å²) in [7, 11) is 1.47. The molecule has 0 radical (unpaired) electrons. The lowest BCUT2D eigenvalue weighted by molar-refractivity contribution is -0.384. The van der Waals surface area contributed by atoms with E-state index in [4.69, 9.17) is 16.3 Å². The number of aromatic nitrogens is 2. The van der Waals surface area contributed by atoms with Gasteiger partial charge in [0.05, 0.1) is 40.1 Å². The average molecular weight is 455 g/mol. The van der Waals surface area contributed by atoms with Crippen LogP contribution in [0.1, 0.15) is 16.1 Å². The van der Waals surface area contributed by atoms with E-state index in [1.54, 1.807) is 36.5 Å². The van der Waals surface area contributed by atoms with Crippen LogP contribution in [0.5, 0.6) is 5.75 Å².